The normalized spacial score (nSPS) is 13.1. The molecule has 1 aromatic rings. The van der Waals surface area contributed by atoms with Crippen LogP contribution >= 0.6 is 11.8 Å². The summed E-state index contributed by atoms with van der Waals surface area (Å²) in [6, 6.07) is 2.04. The summed E-state index contributed by atoms with van der Waals surface area (Å²) in [4.78, 5) is 10.1. The van der Waals surface area contributed by atoms with E-state index in [1.165, 1.54) is 6.07 Å². The topological polar surface area (TPSA) is 115 Å². The highest BCUT2D eigenvalue weighted by atomic mass is 32.2. The quantitative estimate of drug-likeness (QED) is 0.447. The minimum absolute atomic E-state index is 0.0500. The maximum atomic E-state index is 12.3. The number of nitrogens with zero attached hydrogens (tertiary/aromatic N) is 1. The van der Waals surface area contributed by atoms with Crippen LogP contribution in [0.1, 0.15) is 19.4 Å². The maximum absolute atomic E-state index is 12.3. The SMILES string of the molecule is CCSCC(C)NS(=O)(=O)c1cc([N+](=O)[O-])c(N)cc1C. The fraction of sp³-hybridized carbons (Fsp3) is 0.500. The molecule has 0 amide bonds. The molecule has 0 bridgehead atoms. The lowest BCUT2D eigenvalue weighted by Crippen LogP contribution is -2.34. The number of thioether (sulfide) groups is 1. The van der Waals surface area contributed by atoms with Crippen molar-refractivity contribution in [3.05, 3.63) is 27.8 Å². The van der Waals surface area contributed by atoms with Gasteiger partial charge in [0.15, 0.2) is 0 Å². The standard InChI is InChI=1S/C12H19N3O4S2/c1-4-20-7-9(3)14-21(18,19)12-6-11(15(16)17)10(13)5-8(12)2/h5-6,9,14H,4,7,13H2,1-3H3. The fourth-order valence-electron chi connectivity index (χ4n) is 1.80. The van der Waals surface area contributed by atoms with Gasteiger partial charge in [-0.1, -0.05) is 6.92 Å². The Balaban J connectivity index is 3.13. The smallest absolute Gasteiger partial charge is 0.293 e. The molecule has 1 atom stereocenters. The molecule has 1 rings (SSSR count). The Morgan fingerprint density at radius 1 is 1.48 bits per heavy atom. The summed E-state index contributed by atoms with van der Waals surface area (Å²) in [6.45, 7) is 5.29. The molecule has 118 valence electrons. The van der Waals surface area contributed by atoms with Gasteiger partial charge in [0.2, 0.25) is 10.0 Å². The summed E-state index contributed by atoms with van der Waals surface area (Å²) < 4.78 is 27.2. The van der Waals surface area contributed by atoms with Gasteiger partial charge in [0.1, 0.15) is 5.69 Å². The van der Waals surface area contributed by atoms with Gasteiger partial charge in [-0.05, 0) is 31.2 Å². The highest BCUT2D eigenvalue weighted by Crippen LogP contribution is 2.28. The Morgan fingerprint density at radius 2 is 2.10 bits per heavy atom. The lowest BCUT2D eigenvalue weighted by Gasteiger charge is -2.15. The summed E-state index contributed by atoms with van der Waals surface area (Å²) in [6.07, 6.45) is 0. The van der Waals surface area contributed by atoms with Gasteiger partial charge in [0.05, 0.1) is 9.82 Å². The van der Waals surface area contributed by atoms with Gasteiger partial charge >= 0.3 is 0 Å². The van der Waals surface area contributed by atoms with Gasteiger partial charge in [-0.3, -0.25) is 10.1 Å². The molecule has 0 aliphatic carbocycles. The molecule has 3 N–H and O–H groups in total. The van der Waals surface area contributed by atoms with Crippen molar-refractivity contribution in [3.63, 3.8) is 0 Å². The van der Waals surface area contributed by atoms with Crippen molar-refractivity contribution >= 4 is 33.2 Å². The van der Waals surface area contributed by atoms with Gasteiger partial charge in [-0.2, -0.15) is 11.8 Å². The third kappa shape index (κ3) is 4.58. The van der Waals surface area contributed by atoms with Gasteiger partial charge in [0.25, 0.3) is 5.69 Å². The molecule has 0 radical (unpaired) electrons. The molecule has 0 aliphatic rings. The zero-order valence-corrected chi connectivity index (χ0v) is 13.8. The van der Waals surface area contributed by atoms with Gasteiger partial charge in [-0.15, -0.1) is 0 Å². The lowest BCUT2D eigenvalue weighted by atomic mass is 10.2. The lowest BCUT2D eigenvalue weighted by molar-refractivity contribution is -0.384. The number of benzene rings is 1. The van der Waals surface area contributed by atoms with Crippen LogP contribution in [0.15, 0.2) is 17.0 Å². The zero-order valence-electron chi connectivity index (χ0n) is 12.1. The first-order chi connectivity index (χ1) is 9.69. The molecule has 0 aliphatic heterocycles. The van der Waals surface area contributed by atoms with Gasteiger partial charge in [-0.25, -0.2) is 13.1 Å². The number of nitrogen functional groups attached to an aromatic ring is 1. The van der Waals surface area contributed by atoms with E-state index in [2.05, 4.69) is 4.72 Å². The van der Waals surface area contributed by atoms with E-state index >= 15 is 0 Å². The molecule has 0 heterocycles. The maximum Gasteiger partial charge on any atom is 0.293 e. The van der Waals surface area contributed by atoms with Crippen LogP contribution in [0.25, 0.3) is 0 Å². The second-order valence-corrected chi connectivity index (χ2v) is 7.62. The van der Waals surface area contributed by atoms with Crippen molar-refractivity contribution in [1.82, 2.24) is 4.72 Å². The van der Waals surface area contributed by atoms with E-state index in [1.54, 1.807) is 25.6 Å². The first kappa shape index (κ1) is 17.7. The number of nitro groups is 1. The van der Waals surface area contributed by atoms with Crippen LogP contribution in [0.5, 0.6) is 0 Å². The number of hydrogen-bond donors (Lipinski definition) is 2. The Bertz CT molecular complexity index is 632. The molecule has 7 nitrogen and oxygen atoms in total. The first-order valence-electron chi connectivity index (χ1n) is 6.33. The van der Waals surface area contributed by atoms with Crippen molar-refractivity contribution in [1.29, 1.82) is 0 Å². The van der Waals surface area contributed by atoms with Crippen molar-refractivity contribution in [2.45, 2.75) is 31.7 Å². The van der Waals surface area contributed by atoms with Gasteiger partial charge < -0.3 is 5.73 Å². The van der Waals surface area contributed by atoms with Gasteiger partial charge in [0, 0.05) is 17.9 Å². The molecular formula is C12H19N3O4S2. The van der Waals surface area contributed by atoms with E-state index in [1.807, 2.05) is 6.92 Å². The number of anilines is 1. The largest absolute Gasteiger partial charge is 0.393 e. The predicted octanol–water partition coefficient (Wildman–Crippen LogP) is 1.91. The van der Waals surface area contributed by atoms with Crippen LogP contribution < -0.4 is 10.5 Å². The van der Waals surface area contributed by atoms with E-state index in [-0.39, 0.29) is 16.6 Å². The van der Waals surface area contributed by atoms with Crippen molar-refractivity contribution in [3.8, 4) is 0 Å². The van der Waals surface area contributed by atoms with Crippen LogP contribution in [0, 0.1) is 17.0 Å². The minimum atomic E-state index is -3.82. The third-order valence-electron chi connectivity index (χ3n) is 2.74. The number of rotatable bonds is 7. The number of sulfonamides is 1. The van der Waals surface area contributed by atoms with Crippen LogP contribution in [0.4, 0.5) is 11.4 Å². The number of aryl methyl sites for hydroxylation is 1. The van der Waals surface area contributed by atoms with Crippen molar-refractivity contribution in [2.75, 3.05) is 17.2 Å². The minimum Gasteiger partial charge on any atom is -0.393 e. The summed E-state index contributed by atoms with van der Waals surface area (Å²) in [5, 5.41) is 10.9. The molecule has 0 saturated carbocycles. The van der Waals surface area contributed by atoms with E-state index in [0.29, 0.717) is 11.3 Å². The van der Waals surface area contributed by atoms with Crippen molar-refractivity contribution in [2.24, 2.45) is 0 Å². The summed E-state index contributed by atoms with van der Waals surface area (Å²) in [5.74, 6) is 1.52. The Morgan fingerprint density at radius 3 is 2.62 bits per heavy atom. The Hall–Kier alpha value is -1.32. The molecule has 0 fully saturated rings. The van der Waals surface area contributed by atoms with Crippen LogP contribution in [0.2, 0.25) is 0 Å². The average Bonchev–Trinajstić information content (AvgIpc) is 2.34. The zero-order chi connectivity index (χ0) is 16.2. The Labute approximate surface area is 128 Å². The molecule has 0 aromatic heterocycles. The van der Waals surface area contributed by atoms with E-state index in [9.17, 15) is 18.5 Å². The summed E-state index contributed by atoms with van der Waals surface area (Å²) in [7, 11) is -3.82. The molecule has 0 spiro atoms. The molecular weight excluding hydrogens is 314 g/mol. The first-order valence-corrected chi connectivity index (χ1v) is 8.97. The van der Waals surface area contributed by atoms with E-state index in [0.717, 1.165) is 11.8 Å². The van der Waals surface area contributed by atoms with Crippen LogP contribution in [-0.2, 0) is 10.0 Å². The number of hydrogen-bond acceptors (Lipinski definition) is 6. The second kappa shape index (κ2) is 7.10. The monoisotopic (exact) mass is 333 g/mol. The second-order valence-electron chi connectivity index (χ2n) is 4.62. The molecule has 1 unspecified atom stereocenters. The van der Waals surface area contributed by atoms with E-state index < -0.39 is 20.6 Å². The van der Waals surface area contributed by atoms with E-state index in [4.69, 9.17) is 5.73 Å². The molecule has 0 saturated heterocycles. The molecule has 1 aromatic carbocycles. The summed E-state index contributed by atoms with van der Waals surface area (Å²) in [5.41, 5.74) is 5.46. The Kier molecular flexibility index (Phi) is 5.99. The van der Waals surface area contributed by atoms with Crippen molar-refractivity contribution < 1.29 is 13.3 Å². The summed E-state index contributed by atoms with van der Waals surface area (Å²) >= 11 is 1.61. The number of nitro benzene ring substituents is 1. The number of nitrogens with two attached hydrogens (primary N) is 1. The highest BCUT2D eigenvalue weighted by Gasteiger charge is 2.24. The highest BCUT2D eigenvalue weighted by molar-refractivity contribution is 7.99. The van der Waals surface area contributed by atoms with Crippen LogP contribution in [0.3, 0.4) is 0 Å². The molecule has 9 heteroatoms. The fourth-order valence-corrected chi connectivity index (χ4v) is 4.07. The number of nitrogens with one attached hydrogen (secondary N) is 1. The van der Waals surface area contributed by atoms with Crippen LogP contribution in [-0.4, -0.2) is 30.9 Å². The molecule has 21 heavy (non-hydrogen) atoms. The predicted molar refractivity (Wildman–Crippen MR) is 85.0 cm³/mol. The average molecular weight is 333 g/mol. The third-order valence-corrected chi connectivity index (χ3v) is 5.61.